The predicted octanol–water partition coefficient (Wildman–Crippen LogP) is 3.25. The SMILES string of the molecule is CO[C@H]1/C=C/CCCCC(=NCO)CC/C(C)=C\C(C)[C@@H]1O. The molecule has 1 aliphatic rings. The van der Waals surface area contributed by atoms with Gasteiger partial charge in [-0.3, -0.25) is 4.99 Å². The summed E-state index contributed by atoms with van der Waals surface area (Å²) in [6.45, 7) is 3.98. The first-order valence-electron chi connectivity index (χ1n) is 8.26. The minimum Gasteiger partial charge on any atom is -0.389 e. The molecular weight excluding hydrogens is 278 g/mol. The lowest BCUT2D eigenvalue weighted by molar-refractivity contribution is -0.00187. The molecule has 1 unspecified atom stereocenters. The summed E-state index contributed by atoms with van der Waals surface area (Å²) in [7, 11) is 1.64. The van der Waals surface area contributed by atoms with E-state index in [2.05, 4.69) is 24.1 Å². The molecule has 0 radical (unpaired) electrons. The molecule has 0 saturated heterocycles. The Hall–Kier alpha value is -0.970. The van der Waals surface area contributed by atoms with Crippen molar-refractivity contribution in [2.45, 2.75) is 64.6 Å². The van der Waals surface area contributed by atoms with E-state index in [0.717, 1.165) is 44.2 Å². The Morgan fingerprint density at radius 1 is 1.27 bits per heavy atom. The largest absolute Gasteiger partial charge is 0.389 e. The molecule has 0 aromatic rings. The van der Waals surface area contributed by atoms with E-state index in [0.29, 0.717) is 0 Å². The molecule has 0 aliphatic heterocycles. The minimum atomic E-state index is -0.537. The van der Waals surface area contributed by atoms with Gasteiger partial charge in [0.25, 0.3) is 0 Å². The predicted molar refractivity (Wildman–Crippen MR) is 91.1 cm³/mol. The van der Waals surface area contributed by atoms with Crippen LogP contribution in [0.3, 0.4) is 0 Å². The summed E-state index contributed by atoms with van der Waals surface area (Å²) < 4.78 is 5.41. The lowest BCUT2D eigenvalue weighted by Crippen LogP contribution is -2.31. The molecule has 0 amide bonds. The van der Waals surface area contributed by atoms with Crippen LogP contribution in [0.4, 0.5) is 0 Å². The Balaban J connectivity index is 2.83. The fourth-order valence-electron chi connectivity index (χ4n) is 2.81. The third-order valence-corrected chi connectivity index (χ3v) is 4.21. The Morgan fingerprint density at radius 2 is 2.05 bits per heavy atom. The van der Waals surface area contributed by atoms with E-state index >= 15 is 0 Å². The van der Waals surface area contributed by atoms with Crippen molar-refractivity contribution in [3.05, 3.63) is 23.8 Å². The van der Waals surface area contributed by atoms with Crippen LogP contribution >= 0.6 is 0 Å². The van der Waals surface area contributed by atoms with E-state index in [9.17, 15) is 5.11 Å². The van der Waals surface area contributed by atoms with Crippen LogP contribution in [0.2, 0.25) is 0 Å². The van der Waals surface area contributed by atoms with Crippen LogP contribution in [0.1, 0.15) is 52.4 Å². The van der Waals surface area contributed by atoms with Gasteiger partial charge in [0, 0.05) is 18.7 Å². The topological polar surface area (TPSA) is 62.0 Å². The van der Waals surface area contributed by atoms with Crippen LogP contribution in [-0.4, -0.2) is 42.0 Å². The second-order valence-electron chi connectivity index (χ2n) is 6.10. The lowest BCUT2D eigenvalue weighted by atomic mass is 9.94. The first-order valence-corrected chi connectivity index (χ1v) is 8.26. The van der Waals surface area contributed by atoms with Crippen molar-refractivity contribution in [1.82, 2.24) is 0 Å². The van der Waals surface area contributed by atoms with Crippen LogP contribution in [-0.2, 0) is 4.74 Å². The van der Waals surface area contributed by atoms with Crippen LogP contribution in [0, 0.1) is 5.92 Å². The molecule has 0 aromatic heterocycles. The van der Waals surface area contributed by atoms with Gasteiger partial charge >= 0.3 is 0 Å². The number of aliphatic imine (C=N–C) groups is 1. The third-order valence-electron chi connectivity index (χ3n) is 4.21. The van der Waals surface area contributed by atoms with E-state index < -0.39 is 6.10 Å². The average Bonchev–Trinajstić information content (AvgIpc) is 2.50. The van der Waals surface area contributed by atoms with Crippen molar-refractivity contribution in [1.29, 1.82) is 0 Å². The standard InChI is InChI=1S/C18H31NO3/c1-14-10-11-16(19-13-20)8-6-4-5-7-9-17(22-3)18(21)15(2)12-14/h7,9,12,15,17-18,20-21H,4-6,8,10-11,13H2,1-3H3/b9-7+,14-12-,19-16?/t15?,17-,18-/m0/s1. The van der Waals surface area contributed by atoms with Gasteiger partial charge in [0.05, 0.1) is 6.10 Å². The van der Waals surface area contributed by atoms with E-state index in [-0.39, 0.29) is 18.8 Å². The summed E-state index contributed by atoms with van der Waals surface area (Å²) in [5.74, 6) is 0.0378. The van der Waals surface area contributed by atoms with Gasteiger partial charge in [-0.25, -0.2) is 0 Å². The molecule has 2 N–H and O–H groups in total. The highest BCUT2D eigenvalue weighted by Crippen LogP contribution is 2.19. The summed E-state index contributed by atoms with van der Waals surface area (Å²) in [5.41, 5.74) is 2.34. The van der Waals surface area contributed by atoms with Crippen LogP contribution in [0.15, 0.2) is 28.8 Å². The van der Waals surface area contributed by atoms with Crippen LogP contribution in [0.25, 0.3) is 0 Å². The molecule has 0 fully saturated rings. The maximum Gasteiger partial charge on any atom is 0.134 e. The van der Waals surface area contributed by atoms with Gasteiger partial charge in [-0.1, -0.05) is 30.7 Å². The van der Waals surface area contributed by atoms with Gasteiger partial charge in [-0.2, -0.15) is 0 Å². The first kappa shape index (κ1) is 19.1. The summed E-state index contributed by atoms with van der Waals surface area (Å²) in [4.78, 5) is 4.20. The molecule has 1 aliphatic carbocycles. The van der Waals surface area contributed by atoms with Crippen molar-refractivity contribution >= 4 is 5.71 Å². The molecule has 1 rings (SSSR count). The second-order valence-corrected chi connectivity index (χ2v) is 6.10. The molecule has 0 spiro atoms. The summed E-state index contributed by atoms with van der Waals surface area (Å²) >= 11 is 0. The summed E-state index contributed by atoms with van der Waals surface area (Å²) in [6, 6.07) is 0. The van der Waals surface area contributed by atoms with E-state index in [1.807, 2.05) is 13.0 Å². The van der Waals surface area contributed by atoms with Gasteiger partial charge in [0.1, 0.15) is 12.8 Å². The third kappa shape index (κ3) is 6.86. The zero-order valence-corrected chi connectivity index (χ0v) is 14.2. The number of nitrogens with zero attached hydrogens (tertiary/aromatic N) is 1. The Morgan fingerprint density at radius 3 is 2.73 bits per heavy atom. The van der Waals surface area contributed by atoms with Crippen molar-refractivity contribution in [2.24, 2.45) is 10.9 Å². The Kier molecular flexibility index (Phi) is 9.28. The fourth-order valence-corrected chi connectivity index (χ4v) is 2.81. The zero-order valence-electron chi connectivity index (χ0n) is 14.2. The molecule has 22 heavy (non-hydrogen) atoms. The van der Waals surface area contributed by atoms with Gasteiger partial charge in [-0.15, -0.1) is 0 Å². The molecule has 4 heteroatoms. The normalized spacial score (nSPS) is 34.7. The average molecular weight is 309 g/mol. The Labute approximate surface area is 134 Å². The molecule has 0 bridgehead atoms. The molecular formula is C18H31NO3. The smallest absolute Gasteiger partial charge is 0.134 e. The van der Waals surface area contributed by atoms with Gasteiger partial charge in [0.2, 0.25) is 0 Å². The molecule has 0 heterocycles. The number of aliphatic hydroxyl groups is 2. The van der Waals surface area contributed by atoms with E-state index in [4.69, 9.17) is 9.84 Å². The highest BCUT2D eigenvalue weighted by atomic mass is 16.5. The minimum absolute atomic E-state index is 0.0378. The highest BCUT2D eigenvalue weighted by Gasteiger charge is 2.21. The maximum atomic E-state index is 10.4. The first-order chi connectivity index (χ1) is 10.6. The fraction of sp³-hybridized carbons (Fsp3) is 0.722. The molecule has 0 saturated carbocycles. The quantitative estimate of drug-likeness (QED) is 0.770. The number of hydrogen-bond donors (Lipinski definition) is 2. The number of aliphatic hydroxyl groups excluding tert-OH is 2. The number of methoxy groups -OCH3 is 1. The van der Waals surface area contributed by atoms with Crippen LogP contribution < -0.4 is 0 Å². The van der Waals surface area contributed by atoms with Crippen molar-refractivity contribution in [3.8, 4) is 0 Å². The van der Waals surface area contributed by atoms with Gasteiger partial charge < -0.3 is 14.9 Å². The Bertz CT molecular complexity index is 401. The highest BCUT2D eigenvalue weighted by molar-refractivity contribution is 5.84. The summed E-state index contributed by atoms with van der Waals surface area (Å²) in [5, 5.41) is 19.5. The van der Waals surface area contributed by atoms with E-state index in [1.165, 1.54) is 5.57 Å². The summed E-state index contributed by atoms with van der Waals surface area (Å²) in [6.07, 6.45) is 11.3. The zero-order chi connectivity index (χ0) is 16.4. The van der Waals surface area contributed by atoms with Gasteiger partial charge in [-0.05, 0) is 45.4 Å². The molecule has 126 valence electrons. The van der Waals surface area contributed by atoms with Crippen LogP contribution in [0.5, 0.6) is 0 Å². The number of allylic oxidation sites excluding steroid dienone is 2. The number of rotatable bonds is 2. The number of hydrogen-bond acceptors (Lipinski definition) is 4. The van der Waals surface area contributed by atoms with Gasteiger partial charge in [0.15, 0.2) is 0 Å². The van der Waals surface area contributed by atoms with Crippen molar-refractivity contribution in [3.63, 3.8) is 0 Å². The molecule has 3 atom stereocenters. The lowest BCUT2D eigenvalue weighted by Gasteiger charge is -2.23. The monoisotopic (exact) mass is 309 g/mol. The molecule has 4 nitrogen and oxygen atoms in total. The number of ether oxygens (including phenoxy) is 1. The molecule has 0 aromatic carbocycles. The van der Waals surface area contributed by atoms with E-state index in [1.54, 1.807) is 7.11 Å². The second kappa shape index (κ2) is 10.7. The van der Waals surface area contributed by atoms with Crippen molar-refractivity contribution < 1.29 is 14.9 Å². The van der Waals surface area contributed by atoms with Crippen molar-refractivity contribution in [2.75, 3.05) is 13.8 Å². The maximum absolute atomic E-state index is 10.4.